The van der Waals surface area contributed by atoms with Gasteiger partial charge in [-0.05, 0) is 42.7 Å². The number of para-hydroxylation sites is 1. The lowest BCUT2D eigenvalue weighted by atomic mass is 9.65. The van der Waals surface area contributed by atoms with E-state index in [4.69, 9.17) is 0 Å². The molecule has 5 atom stereocenters. The molecule has 2 saturated heterocycles. The van der Waals surface area contributed by atoms with Crippen molar-refractivity contribution in [3.05, 3.63) is 35.5 Å². The number of H-pyrrole nitrogens is 1. The van der Waals surface area contributed by atoms with Crippen LogP contribution in [-0.2, 0) is 6.42 Å². The molecule has 2 heteroatoms. The van der Waals surface area contributed by atoms with E-state index in [-0.39, 0.29) is 0 Å². The Kier molecular flexibility index (Phi) is 2.55. The van der Waals surface area contributed by atoms with Crippen LogP contribution in [0, 0.1) is 11.8 Å². The van der Waals surface area contributed by atoms with Gasteiger partial charge in [0.05, 0.1) is 0 Å². The Morgan fingerprint density at radius 1 is 1.24 bits per heavy atom. The van der Waals surface area contributed by atoms with Crippen LogP contribution < -0.4 is 0 Å². The van der Waals surface area contributed by atoms with E-state index < -0.39 is 0 Å². The van der Waals surface area contributed by atoms with E-state index in [1.807, 2.05) is 0 Å². The summed E-state index contributed by atoms with van der Waals surface area (Å²) in [7, 11) is 0. The smallest absolute Gasteiger partial charge is 0.0459 e. The Morgan fingerprint density at radius 2 is 2.14 bits per heavy atom. The van der Waals surface area contributed by atoms with Crippen LogP contribution in [0.3, 0.4) is 0 Å². The molecule has 21 heavy (non-hydrogen) atoms. The number of hydrogen-bond acceptors (Lipinski definition) is 1. The van der Waals surface area contributed by atoms with E-state index in [9.17, 15) is 0 Å². The lowest BCUT2D eigenvalue weighted by molar-refractivity contribution is -0.00872. The third-order valence-corrected chi connectivity index (χ3v) is 6.56. The van der Waals surface area contributed by atoms with Gasteiger partial charge in [0.1, 0.15) is 0 Å². The summed E-state index contributed by atoms with van der Waals surface area (Å²) in [5, 5.41) is 1.48. The van der Waals surface area contributed by atoms with Crippen molar-refractivity contribution in [2.24, 2.45) is 11.8 Å². The largest absolute Gasteiger partial charge is 0.358 e. The Balaban J connectivity index is 1.64. The third kappa shape index (κ3) is 1.63. The zero-order valence-electron chi connectivity index (χ0n) is 12.8. The van der Waals surface area contributed by atoms with Gasteiger partial charge in [-0.25, -0.2) is 0 Å². The second-order valence-corrected chi connectivity index (χ2v) is 7.38. The molecule has 4 bridgehead atoms. The lowest BCUT2D eigenvalue weighted by Crippen LogP contribution is -2.55. The molecule has 1 N–H and O–H groups in total. The van der Waals surface area contributed by atoms with E-state index in [1.165, 1.54) is 49.7 Å². The summed E-state index contributed by atoms with van der Waals surface area (Å²) in [6.07, 6.45) is 5.46. The SMILES string of the molecule is CC[C@@H]1C[C@H]2[C@H]3C[C@@H]1CN2CCc1c3[nH]c2ccccc12. The van der Waals surface area contributed by atoms with Crippen molar-refractivity contribution < 1.29 is 0 Å². The van der Waals surface area contributed by atoms with Crippen LogP contribution in [0.15, 0.2) is 24.3 Å². The summed E-state index contributed by atoms with van der Waals surface area (Å²) in [5.41, 5.74) is 4.56. The van der Waals surface area contributed by atoms with Crippen molar-refractivity contribution in [1.82, 2.24) is 9.88 Å². The van der Waals surface area contributed by atoms with Gasteiger partial charge in [0, 0.05) is 41.6 Å². The van der Waals surface area contributed by atoms with Crippen LogP contribution in [0.1, 0.15) is 43.4 Å². The Hall–Kier alpha value is -1.28. The zero-order chi connectivity index (χ0) is 14.0. The van der Waals surface area contributed by atoms with Crippen molar-refractivity contribution in [3.63, 3.8) is 0 Å². The number of benzene rings is 1. The quantitative estimate of drug-likeness (QED) is 0.838. The number of piperidine rings is 2. The van der Waals surface area contributed by atoms with Crippen molar-refractivity contribution in [2.75, 3.05) is 13.1 Å². The van der Waals surface area contributed by atoms with Crippen LogP contribution in [0.2, 0.25) is 0 Å². The minimum atomic E-state index is 0.761. The molecule has 3 fully saturated rings. The van der Waals surface area contributed by atoms with Gasteiger partial charge < -0.3 is 4.98 Å². The number of nitrogens with zero attached hydrogens (tertiary/aromatic N) is 1. The molecule has 2 aromatic rings. The second kappa shape index (κ2) is 4.36. The summed E-state index contributed by atoms with van der Waals surface area (Å²) < 4.78 is 0. The van der Waals surface area contributed by atoms with Gasteiger partial charge in [0.25, 0.3) is 0 Å². The van der Waals surface area contributed by atoms with Crippen molar-refractivity contribution in [1.29, 1.82) is 0 Å². The molecule has 3 aliphatic heterocycles. The Morgan fingerprint density at radius 3 is 3.00 bits per heavy atom. The molecule has 4 aliphatic rings. The highest BCUT2D eigenvalue weighted by Crippen LogP contribution is 2.50. The minimum Gasteiger partial charge on any atom is -0.358 e. The molecular formula is C19H24N2. The average Bonchev–Trinajstić information content (AvgIpc) is 2.87. The number of aromatic amines is 1. The predicted molar refractivity (Wildman–Crippen MR) is 86.6 cm³/mol. The number of hydrogen-bond donors (Lipinski definition) is 1. The summed E-state index contributed by atoms with van der Waals surface area (Å²) in [6.45, 7) is 5.02. The fraction of sp³-hybridized carbons (Fsp3) is 0.579. The van der Waals surface area contributed by atoms with E-state index in [0.717, 1.165) is 23.8 Å². The number of aromatic nitrogens is 1. The number of rotatable bonds is 1. The summed E-state index contributed by atoms with van der Waals surface area (Å²) in [4.78, 5) is 6.62. The van der Waals surface area contributed by atoms with Gasteiger partial charge in [0.15, 0.2) is 0 Å². The molecule has 0 radical (unpaired) electrons. The maximum atomic E-state index is 3.80. The molecule has 1 aliphatic carbocycles. The van der Waals surface area contributed by atoms with Crippen LogP contribution in [0.5, 0.6) is 0 Å². The van der Waals surface area contributed by atoms with Crippen LogP contribution in [-0.4, -0.2) is 29.0 Å². The molecule has 2 nitrogen and oxygen atoms in total. The van der Waals surface area contributed by atoms with Gasteiger partial charge in [-0.2, -0.15) is 0 Å². The second-order valence-electron chi connectivity index (χ2n) is 7.38. The van der Waals surface area contributed by atoms with E-state index >= 15 is 0 Å². The first-order chi connectivity index (χ1) is 10.3. The van der Waals surface area contributed by atoms with Crippen LogP contribution in [0.4, 0.5) is 0 Å². The van der Waals surface area contributed by atoms with Crippen LogP contribution >= 0.6 is 0 Å². The number of nitrogens with one attached hydrogen (secondary N) is 1. The zero-order valence-corrected chi connectivity index (χ0v) is 12.8. The molecule has 0 spiro atoms. The first-order valence-electron chi connectivity index (χ1n) is 8.68. The Bertz CT molecular complexity index is 686. The summed E-state index contributed by atoms with van der Waals surface area (Å²) in [6, 6.07) is 9.70. The molecule has 6 rings (SSSR count). The molecule has 4 heterocycles. The van der Waals surface area contributed by atoms with Crippen molar-refractivity contribution >= 4 is 10.9 Å². The lowest BCUT2D eigenvalue weighted by Gasteiger charge is -2.52. The van der Waals surface area contributed by atoms with Gasteiger partial charge in [0.2, 0.25) is 0 Å². The average molecular weight is 280 g/mol. The molecule has 0 amide bonds. The molecule has 1 aromatic heterocycles. The van der Waals surface area contributed by atoms with Gasteiger partial charge in [-0.1, -0.05) is 31.5 Å². The first-order valence-corrected chi connectivity index (χ1v) is 8.68. The van der Waals surface area contributed by atoms with E-state index in [1.54, 1.807) is 11.3 Å². The fourth-order valence-corrected chi connectivity index (χ4v) is 5.54. The molecule has 1 aromatic carbocycles. The van der Waals surface area contributed by atoms with Crippen molar-refractivity contribution in [2.45, 2.75) is 44.6 Å². The fourth-order valence-electron chi connectivity index (χ4n) is 5.54. The van der Waals surface area contributed by atoms with Gasteiger partial charge >= 0.3 is 0 Å². The topological polar surface area (TPSA) is 19.0 Å². The van der Waals surface area contributed by atoms with Gasteiger partial charge in [-0.3, -0.25) is 4.90 Å². The Labute approximate surface area is 126 Å². The van der Waals surface area contributed by atoms with E-state index in [2.05, 4.69) is 41.1 Å². The first kappa shape index (κ1) is 12.3. The molecule has 1 unspecified atom stereocenters. The minimum absolute atomic E-state index is 0.761. The highest BCUT2D eigenvalue weighted by Gasteiger charge is 2.47. The van der Waals surface area contributed by atoms with Gasteiger partial charge in [-0.15, -0.1) is 0 Å². The molecule has 1 saturated carbocycles. The third-order valence-electron chi connectivity index (χ3n) is 6.56. The maximum Gasteiger partial charge on any atom is 0.0459 e. The van der Waals surface area contributed by atoms with E-state index in [0.29, 0.717) is 0 Å². The molecular weight excluding hydrogens is 256 g/mol. The van der Waals surface area contributed by atoms with Crippen molar-refractivity contribution in [3.8, 4) is 0 Å². The standard InChI is InChI=1S/C19H24N2/c1-2-12-10-18-16-9-13(12)11-21(18)8-7-15-14-5-3-4-6-17(14)20-19(15)16/h3-6,12-13,16,18,20H,2,7-11H2,1H3/t12-,13-,16-,18+/m1/s1. The summed E-state index contributed by atoms with van der Waals surface area (Å²) >= 11 is 0. The highest BCUT2D eigenvalue weighted by atomic mass is 15.2. The van der Waals surface area contributed by atoms with Crippen LogP contribution in [0.25, 0.3) is 10.9 Å². The predicted octanol–water partition coefficient (Wildman–Crippen LogP) is 3.93. The maximum absolute atomic E-state index is 3.80. The monoisotopic (exact) mass is 280 g/mol. The summed E-state index contributed by atoms with van der Waals surface area (Å²) in [5.74, 6) is 2.67. The normalized spacial score (nSPS) is 37.5. The highest BCUT2D eigenvalue weighted by molar-refractivity contribution is 5.85. The number of fused-ring (bicyclic) bond motifs is 4. The molecule has 110 valence electrons.